The van der Waals surface area contributed by atoms with Crippen molar-refractivity contribution in [2.24, 2.45) is 0 Å². The van der Waals surface area contributed by atoms with Gasteiger partial charge in [-0.15, -0.1) is 0 Å². The van der Waals surface area contributed by atoms with Crippen LogP contribution < -0.4 is 9.64 Å². The molecule has 5 nitrogen and oxygen atoms in total. The molecule has 0 bridgehead atoms. The fourth-order valence-electron chi connectivity index (χ4n) is 4.32. The molecule has 4 rings (SSSR count). The molecule has 1 aliphatic heterocycles. The summed E-state index contributed by atoms with van der Waals surface area (Å²) in [5.41, 5.74) is 6.84. The molecule has 0 radical (unpaired) electrons. The Kier molecular flexibility index (Phi) is 6.76. The van der Waals surface area contributed by atoms with Crippen LogP contribution in [0, 0.1) is 0 Å². The number of benzene rings is 3. The second kappa shape index (κ2) is 9.88. The minimum absolute atomic E-state index is 0.0497. The molecular formula is C27H29NO4. The lowest BCUT2D eigenvalue weighted by atomic mass is 9.95. The molecule has 1 aliphatic rings. The number of rotatable bonds is 8. The minimum atomic E-state index is -0.935. The number of carboxylic acids is 1. The zero-order valence-electron chi connectivity index (χ0n) is 18.4. The highest BCUT2D eigenvalue weighted by Crippen LogP contribution is 2.37. The van der Waals surface area contributed by atoms with Gasteiger partial charge < -0.3 is 19.8 Å². The lowest BCUT2D eigenvalue weighted by Crippen LogP contribution is -2.19. The fourth-order valence-corrected chi connectivity index (χ4v) is 4.32. The third kappa shape index (κ3) is 4.63. The van der Waals surface area contributed by atoms with Gasteiger partial charge in [-0.1, -0.05) is 31.2 Å². The molecule has 3 aromatic carbocycles. The molecule has 0 spiro atoms. The van der Waals surface area contributed by atoms with E-state index in [2.05, 4.69) is 36.1 Å². The van der Waals surface area contributed by atoms with Crippen LogP contribution in [0.2, 0.25) is 0 Å². The van der Waals surface area contributed by atoms with E-state index >= 15 is 0 Å². The van der Waals surface area contributed by atoms with Crippen LogP contribution in [0.25, 0.3) is 22.3 Å². The molecule has 0 saturated carbocycles. The van der Waals surface area contributed by atoms with E-state index in [1.807, 2.05) is 24.3 Å². The van der Waals surface area contributed by atoms with Crippen LogP contribution in [-0.4, -0.2) is 42.5 Å². The molecule has 166 valence electrons. The average Bonchev–Trinajstić information content (AvgIpc) is 3.37. The maximum atomic E-state index is 11.2. The van der Waals surface area contributed by atoms with Crippen LogP contribution in [0.3, 0.4) is 0 Å². The zero-order chi connectivity index (χ0) is 22.5. The SMILES string of the molecule is CCc1cc(-c2cc(-c3ccc(C(=O)O)cc3)ccc2OCCO)ccc1N1CCCC1. The van der Waals surface area contributed by atoms with Gasteiger partial charge in [-0.3, -0.25) is 0 Å². The fraction of sp³-hybridized carbons (Fsp3) is 0.296. The molecule has 0 amide bonds. The number of aliphatic hydroxyl groups excluding tert-OH is 1. The van der Waals surface area contributed by atoms with E-state index in [0.717, 1.165) is 47.5 Å². The van der Waals surface area contributed by atoms with Crippen molar-refractivity contribution in [2.75, 3.05) is 31.2 Å². The summed E-state index contributed by atoms with van der Waals surface area (Å²) in [5, 5.41) is 18.4. The number of ether oxygens (including phenoxy) is 1. The van der Waals surface area contributed by atoms with E-state index in [9.17, 15) is 9.90 Å². The van der Waals surface area contributed by atoms with Crippen molar-refractivity contribution >= 4 is 11.7 Å². The topological polar surface area (TPSA) is 70.0 Å². The molecule has 0 aromatic heterocycles. The highest BCUT2D eigenvalue weighted by Gasteiger charge is 2.17. The van der Waals surface area contributed by atoms with Crippen LogP contribution in [0.4, 0.5) is 5.69 Å². The third-order valence-corrected chi connectivity index (χ3v) is 6.01. The number of aryl methyl sites for hydroxylation is 1. The monoisotopic (exact) mass is 431 g/mol. The Bertz CT molecular complexity index is 1090. The Morgan fingerprint density at radius 3 is 2.28 bits per heavy atom. The Balaban J connectivity index is 1.75. The Hall–Kier alpha value is -3.31. The van der Waals surface area contributed by atoms with Crippen LogP contribution in [0.1, 0.15) is 35.7 Å². The lowest BCUT2D eigenvalue weighted by Gasteiger charge is -2.22. The number of aliphatic hydroxyl groups is 1. The molecule has 5 heteroatoms. The second-order valence-corrected chi connectivity index (χ2v) is 8.06. The number of aromatic carboxylic acids is 1. The van der Waals surface area contributed by atoms with E-state index < -0.39 is 5.97 Å². The largest absolute Gasteiger partial charge is 0.491 e. The number of hydrogen-bond donors (Lipinski definition) is 2. The summed E-state index contributed by atoms with van der Waals surface area (Å²) in [6.07, 6.45) is 3.43. The summed E-state index contributed by atoms with van der Waals surface area (Å²) in [6.45, 7) is 4.58. The van der Waals surface area contributed by atoms with E-state index in [1.54, 1.807) is 12.1 Å². The van der Waals surface area contributed by atoms with Crippen LogP contribution in [0.5, 0.6) is 5.75 Å². The van der Waals surface area contributed by atoms with Crippen LogP contribution in [-0.2, 0) is 6.42 Å². The molecule has 32 heavy (non-hydrogen) atoms. The molecule has 0 atom stereocenters. The van der Waals surface area contributed by atoms with Gasteiger partial charge in [0, 0.05) is 24.3 Å². The second-order valence-electron chi connectivity index (χ2n) is 8.06. The first kappa shape index (κ1) is 21.9. The van der Waals surface area contributed by atoms with Gasteiger partial charge in [0.2, 0.25) is 0 Å². The zero-order valence-corrected chi connectivity index (χ0v) is 18.4. The summed E-state index contributed by atoms with van der Waals surface area (Å²) >= 11 is 0. The maximum Gasteiger partial charge on any atom is 0.335 e. The maximum absolute atomic E-state index is 11.2. The first-order valence-corrected chi connectivity index (χ1v) is 11.2. The number of carbonyl (C=O) groups is 1. The number of carboxylic acid groups (broad SMARTS) is 1. The van der Waals surface area contributed by atoms with Crippen molar-refractivity contribution in [1.82, 2.24) is 0 Å². The third-order valence-electron chi connectivity index (χ3n) is 6.01. The normalized spacial score (nSPS) is 13.4. The van der Waals surface area contributed by atoms with Crippen molar-refractivity contribution < 1.29 is 19.7 Å². The van der Waals surface area contributed by atoms with Gasteiger partial charge in [0.15, 0.2) is 0 Å². The number of hydrogen-bond acceptors (Lipinski definition) is 4. The summed E-state index contributed by atoms with van der Waals surface area (Å²) in [7, 11) is 0. The van der Waals surface area contributed by atoms with E-state index in [0.29, 0.717) is 0 Å². The highest BCUT2D eigenvalue weighted by atomic mass is 16.5. The van der Waals surface area contributed by atoms with Crippen molar-refractivity contribution in [3.63, 3.8) is 0 Å². The van der Waals surface area contributed by atoms with Crippen molar-refractivity contribution in [1.29, 1.82) is 0 Å². The van der Waals surface area contributed by atoms with Crippen molar-refractivity contribution in [3.8, 4) is 28.0 Å². The predicted molar refractivity (Wildman–Crippen MR) is 128 cm³/mol. The van der Waals surface area contributed by atoms with Gasteiger partial charge in [0.25, 0.3) is 0 Å². The summed E-state index contributed by atoms with van der Waals surface area (Å²) in [5.74, 6) is -0.212. The minimum Gasteiger partial charge on any atom is -0.491 e. The predicted octanol–water partition coefficient (Wildman–Crippen LogP) is 5.25. The molecule has 0 unspecified atom stereocenters. The number of anilines is 1. The van der Waals surface area contributed by atoms with Gasteiger partial charge in [0.05, 0.1) is 12.2 Å². The standard InChI is InChI=1S/C27H29NO4/c1-2-19-17-23(9-11-25(19)28-13-3-4-14-28)24-18-22(10-12-26(24)32-16-15-29)20-5-7-21(8-6-20)27(30)31/h5-12,17-18,29H,2-4,13-16H2,1H3,(H,30,31). The Morgan fingerprint density at radius 2 is 1.62 bits per heavy atom. The summed E-state index contributed by atoms with van der Waals surface area (Å²) < 4.78 is 5.85. The van der Waals surface area contributed by atoms with Crippen LogP contribution in [0.15, 0.2) is 60.7 Å². The van der Waals surface area contributed by atoms with E-state index in [1.165, 1.54) is 24.1 Å². The Morgan fingerprint density at radius 1 is 0.938 bits per heavy atom. The number of nitrogens with zero attached hydrogens (tertiary/aromatic N) is 1. The molecule has 1 fully saturated rings. The summed E-state index contributed by atoms with van der Waals surface area (Å²) in [4.78, 5) is 13.6. The van der Waals surface area contributed by atoms with Gasteiger partial charge in [-0.05, 0) is 77.9 Å². The first-order valence-electron chi connectivity index (χ1n) is 11.2. The molecule has 3 aromatic rings. The molecular weight excluding hydrogens is 402 g/mol. The quantitative estimate of drug-likeness (QED) is 0.510. The highest BCUT2D eigenvalue weighted by molar-refractivity contribution is 5.88. The first-order chi connectivity index (χ1) is 15.6. The molecule has 1 saturated heterocycles. The molecule has 1 heterocycles. The van der Waals surface area contributed by atoms with E-state index in [4.69, 9.17) is 9.84 Å². The van der Waals surface area contributed by atoms with E-state index in [-0.39, 0.29) is 18.8 Å². The Labute approximate surface area is 188 Å². The average molecular weight is 432 g/mol. The van der Waals surface area contributed by atoms with Crippen LogP contribution >= 0.6 is 0 Å². The van der Waals surface area contributed by atoms with Crippen molar-refractivity contribution in [2.45, 2.75) is 26.2 Å². The lowest BCUT2D eigenvalue weighted by molar-refractivity contribution is 0.0697. The van der Waals surface area contributed by atoms with Crippen molar-refractivity contribution in [3.05, 3.63) is 71.8 Å². The molecule has 0 aliphatic carbocycles. The summed E-state index contributed by atoms with van der Waals surface area (Å²) in [6, 6.07) is 19.4. The van der Waals surface area contributed by atoms with Gasteiger partial charge >= 0.3 is 5.97 Å². The smallest absolute Gasteiger partial charge is 0.335 e. The van der Waals surface area contributed by atoms with Gasteiger partial charge in [-0.25, -0.2) is 4.79 Å². The van der Waals surface area contributed by atoms with Gasteiger partial charge in [-0.2, -0.15) is 0 Å². The van der Waals surface area contributed by atoms with Gasteiger partial charge in [0.1, 0.15) is 12.4 Å². The molecule has 2 N–H and O–H groups in total.